The molecule has 0 radical (unpaired) electrons. The van der Waals surface area contributed by atoms with Crippen LogP contribution in [-0.2, 0) is 0 Å². The van der Waals surface area contributed by atoms with Gasteiger partial charge in [-0.25, -0.2) is 0 Å². The molecule has 0 heteroatoms. The summed E-state index contributed by atoms with van der Waals surface area (Å²) in [6.45, 7) is 0. The molecule has 16 aliphatic carbocycles. The van der Waals surface area contributed by atoms with Crippen molar-refractivity contribution >= 4 is 0 Å². The van der Waals surface area contributed by atoms with Crippen molar-refractivity contribution in [1.29, 1.82) is 0 Å². The summed E-state index contributed by atoms with van der Waals surface area (Å²) in [7, 11) is 0. The third-order valence-electron chi connectivity index (χ3n) is 24.3. The molecule has 16 rings (SSSR count). The molecule has 0 aromatic heterocycles. The summed E-state index contributed by atoms with van der Waals surface area (Å²) in [5.41, 5.74) is 6.17. The van der Waals surface area contributed by atoms with Gasteiger partial charge in [0.25, 0.3) is 0 Å². The van der Waals surface area contributed by atoms with Gasteiger partial charge >= 0.3 is 0 Å². The van der Waals surface area contributed by atoms with Gasteiger partial charge in [0, 0.05) is 0 Å². The first-order chi connectivity index (χ1) is 20.6. The molecule has 222 valence electrons. The van der Waals surface area contributed by atoms with Gasteiger partial charge in [0.15, 0.2) is 0 Å². The highest BCUT2D eigenvalue weighted by Gasteiger charge is 3.09. The van der Waals surface area contributed by atoms with Crippen LogP contribution in [0.15, 0.2) is 0 Å². The van der Waals surface area contributed by atoms with Gasteiger partial charge in [0.05, 0.1) is 0 Å². The van der Waals surface area contributed by atoms with Gasteiger partial charge in [0.1, 0.15) is 0 Å². The van der Waals surface area contributed by atoms with Crippen molar-refractivity contribution in [3.05, 3.63) is 0 Å². The average Bonchev–Trinajstić information content (AvgIpc) is 3.53. The van der Waals surface area contributed by atoms with E-state index in [4.69, 9.17) is 0 Å². The second-order valence-electron chi connectivity index (χ2n) is 22.9. The van der Waals surface area contributed by atoms with E-state index in [0.717, 1.165) is 49.7 Å². The highest BCUT2D eigenvalue weighted by Crippen LogP contribution is 3.13. The van der Waals surface area contributed by atoms with Crippen LogP contribution < -0.4 is 0 Å². The molecule has 0 amide bonds. The molecule has 23 atom stereocenters. The fourth-order valence-corrected chi connectivity index (χ4v) is 25.9. The Bertz CT molecular complexity index is 1480. The van der Waals surface area contributed by atoms with Crippen LogP contribution in [-0.4, -0.2) is 0 Å². The molecular formula is C42H54. The Labute approximate surface area is 254 Å². The molecule has 16 saturated carbocycles. The van der Waals surface area contributed by atoms with Crippen LogP contribution in [0.3, 0.4) is 0 Å². The monoisotopic (exact) mass is 558 g/mol. The van der Waals surface area contributed by atoms with E-state index in [9.17, 15) is 0 Å². The first-order valence-corrected chi connectivity index (χ1v) is 20.6. The molecule has 42 heavy (non-hydrogen) atoms. The lowest BCUT2D eigenvalue weighted by Gasteiger charge is -2.96. The molecule has 0 aromatic rings. The van der Waals surface area contributed by atoms with Crippen LogP contribution in [0, 0.1) is 133 Å². The van der Waals surface area contributed by atoms with Crippen molar-refractivity contribution in [2.75, 3.05) is 0 Å². The smallest absolute Gasteiger partial charge is 0.00970 e. The minimum atomic E-state index is 0.832. The van der Waals surface area contributed by atoms with E-state index in [1.54, 1.807) is 109 Å². The second kappa shape index (κ2) is 5.52. The van der Waals surface area contributed by atoms with Crippen molar-refractivity contribution in [2.24, 2.45) is 133 Å². The lowest BCUT2D eigenvalue weighted by atomic mass is 9.07. The topological polar surface area (TPSA) is 0 Å². The Morgan fingerprint density at radius 3 is 2.14 bits per heavy atom. The van der Waals surface area contributed by atoms with Gasteiger partial charge in [0.2, 0.25) is 0 Å². The van der Waals surface area contributed by atoms with Crippen LogP contribution in [0.5, 0.6) is 0 Å². The van der Waals surface area contributed by atoms with E-state index in [1.807, 2.05) is 12.8 Å². The summed E-state index contributed by atoms with van der Waals surface area (Å²) < 4.78 is 0. The van der Waals surface area contributed by atoms with Crippen molar-refractivity contribution in [1.82, 2.24) is 0 Å². The standard InChI is InChI=1S/C42H54/c1-3-25-4-2-21-12-36(25)11-20(1)7-23-15-38(18-36)16-29(21)33-34-30-17-40-31(35-32(23)41(33,38)42(34,35)40)24-9-26-5-6-27-10-28-8-22(30)13-37(40,14-24)19-39(26,27)28/h20-35H,1-19H2. The maximum Gasteiger partial charge on any atom is -0.00970 e. The van der Waals surface area contributed by atoms with Gasteiger partial charge in [-0.05, 0) is 248 Å². The van der Waals surface area contributed by atoms with E-state index in [1.165, 1.54) is 82.9 Å². The largest absolute Gasteiger partial charge is 0.0501 e. The number of hydrogen-bond acceptors (Lipinski definition) is 0. The van der Waals surface area contributed by atoms with Crippen LogP contribution in [0.25, 0.3) is 0 Å². The normalized spacial score (nSPS) is 84.0. The first kappa shape index (κ1) is 21.7. The first-order valence-electron chi connectivity index (χ1n) is 20.6. The molecule has 0 aromatic carbocycles. The van der Waals surface area contributed by atoms with E-state index in [-0.39, 0.29) is 0 Å². The second-order valence-corrected chi connectivity index (χ2v) is 22.9. The van der Waals surface area contributed by atoms with E-state index >= 15 is 0 Å². The maximum absolute atomic E-state index is 1.83. The van der Waals surface area contributed by atoms with E-state index in [0.29, 0.717) is 0 Å². The fraction of sp³-hybridized carbons (Fsp3) is 1.00. The third kappa shape index (κ3) is 1.46. The molecule has 0 aliphatic heterocycles. The number of fused-ring (bicyclic) bond motifs is 16. The summed E-state index contributed by atoms with van der Waals surface area (Å²) in [5, 5.41) is 0. The van der Waals surface area contributed by atoms with Crippen LogP contribution in [0.2, 0.25) is 0 Å². The quantitative estimate of drug-likeness (QED) is 0.278. The summed E-state index contributed by atoms with van der Waals surface area (Å²) in [4.78, 5) is 0. The predicted molar refractivity (Wildman–Crippen MR) is 161 cm³/mol. The van der Waals surface area contributed by atoms with Crippen LogP contribution >= 0.6 is 0 Å². The SMILES string of the molecule is C1CC2CCC3CC24CC1CC1CC2(CC3C3C5C6CC78C(C9CC%10CCC%11CC%12CC6CC7(C9)CC%10%11%12)C6C1C32C568)C4. The molecule has 16 aliphatic rings. The molecule has 12 bridgehead atoms. The molecule has 0 N–H and O–H groups in total. The zero-order valence-corrected chi connectivity index (χ0v) is 26.2. The summed E-state index contributed by atoms with van der Waals surface area (Å²) in [6, 6.07) is 0. The van der Waals surface area contributed by atoms with Crippen molar-refractivity contribution in [3.8, 4) is 0 Å². The van der Waals surface area contributed by atoms with Crippen LogP contribution in [0.4, 0.5) is 0 Å². The lowest BCUT2D eigenvalue weighted by molar-refractivity contribution is -0.505. The number of rotatable bonds is 0. The van der Waals surface area contributed by atoms with Gasteiger partial charge in [-0.15, -0.1) is 0 Å². The van der Waals surface area contributed by atoms with Crippen LogP contribution in [0.1, 0.15) is 122 Å². The zero-order chi connectivity index (χ0) is 26.2. The summed E-state index contributed by atoms with van der Waals surface area (Å²) in [6.07, 6.45) is 33.0. The van der Waals surface area contributed by atoms with Gasteiger partial charge in [-0.3, -0.25) is 0 Å². The Balaban J connectivity index is 0.990. The fourth-order valence-electron chi connectivity index (χ4n) is 25.9. The molecule has 0 heterocycles. The minimum absolute atomic E-state index is 0.832. The van der Waals surface area contributed by atoms with E-state index in [2.05, 4.69) is 0 Å². The average molecular weight is 559 g/mol. The predicted octanol–water partition coefficient (Wildman–Crippen LogP) is 9.38. The Hall–Kier alpha value is 0. The Kier molecular flexibility index (Phi) is 2.86. The molecule has 16 fully saturated rings. The van der Waals surface area contributed by atoms with Gasteiger partial charge in [-0.1, -0.05) is 6.42 Å². The molecule has 0 saturated heterocycles. The third-order valence-corrected chi connectivity index (χ3v) is 24.3. The Morgan fingerprint density at radius 1 is 0.405 bits per heavy atom. The van der Waals surface area contributed by atoms with Crippen molar-refractivity contribution in [3.63, 3.8) is 0 Å². The molecule has 23 unspecified atom stereocenters. The zero-order valence-electron chi connectivity index (χ0n) is 26.2. The van der Waals surface area contributed by atoms with Gasteiger partial charge < -0.3 is 0 Å². The summed E-state index contributed by atoms with van der Waals surface area (Å²) in [5.74, 6) is 19.4. The number of hydrogen-bond donors (Lipinski definition) is 0. The van der Waals surface area contributed by atoms with Gasteiger partial charge in [-0.2, -0.15) is 0 Å². The van der Waals surface area contributed by atoms with E-state index < -0.39 is 0 Å². The maximum atomic E-state index is 1.83. The van der Waals surface area contributed by atoms with Crippen molar-refractivity contribution in [2.45, 2.75) is 122 Å². The lowest BCUT2D eigenvalue weighted by Crippen LogP contribution is -2.94. The highest BCUT2D eigenvalue weighted by atomic mass is 15.1. The summed E-state index contributed by atoms with van der Waals surface area (Å²) >= 11 is 0. The minimum Gasteiger partial charge on any atom is -0.0501 e. The molecule has 0 nitrogen and oxygen atoms in total. The Morgan fingerprint density at radius 2 is 1.17 bits per heavy atom. The van der Waals surface area contributed by atoms with Crippen molar-refractivity contribution < 1.29 is 0 Å². The highest BCUT2D eigenvalue weighted by molar-refractivity contribution is 5.56. The molecular weight excluding hydrogens is 504 g/mol. The molecule has 7 spiro atoms.